The molecule has 0 fully saturated rings. The quantitative estimate of drug-likeness (QED) is 0.110. The van der Waals surface area contributed by atoms with Gasteiger partial charge in [-0.3, -0.25) is 14.4 Å². The Labute approximate surface area is 230 Å². The van der Waals surface area contributed by atoms with E-state index in [-0.39, 0.29) is 40.6 Å². The maximum absolute atomic E-state index is 13.0. The highest BCUT2D eigenvalue weighted by atomic mass is 127. The van der Waals surface area contributed by atoms with E-state index in [0.29, 0.717) is 0 Å². The Morgan fingerprint density at radius 1 is 0.848 bits per heavy atom. The number of anilines is 1. The van der Waals surface area contributed by atoms with E-state index in [1.165, 1.54) is 0 Å². The SMILES string of the molecule is O=C(NCC(O)CO)c1c(I)c(C(=O)NC(CO)CO)c(I)c(N(CCO)C(=O)CO)c1I. The summed E-state index contributed by atoms with van der Waals surface area (Å²) in [4.78, 5) is 39.5. The van der Waals surface area contributed by atoms with Gasteiger partial charge >= 0.3 is 0 Å². The van der Waals surface area contributed by atoms with E-state index in [0.717, 1.165) is 4.90 Å². The molecule has 0 aliphatic rings. The third-order valence-electron chi connectivity index (χ3n) is 4.26. The number of nitrogens with one attached hydrogen (secondary N) is 2. The average Bonchev–Trinajstić information content (AvgIpc) is 2.79. The van der Waals surface area contributed by atoms with Crippen LogP contribution in [0.5, 0.6) is 0 Å². The van der Waals surface area contributed by atoms with Crippen LogP contribution in [0.3, 0.4) is 0 Å². The van der Waals surface area contributed by atoms with Gasteiger partial charge in [0, 0.05) is 16.7 Å². The summed E-state index contributed by atoms with van der Waals surface area (Å²) in [5, 5.41) is 60.9. The first-order valence-electron chi connectivity index (χ1n) is 9.41. The molecule has 8 N–H and O–H groups in total. The molecular formula is C18H24I3N3O9. The first kappa shape index (κ1) is 30.6. The van der Waals surface area contributed by atoms with Gasteiger partial charge in [0.25, 0.3) is 17.7 Å². The first-order valence-corrected chi connectivity index (χ1v) is 12.6. The Balaban J connectivity index is 3.78. The number of aliphatic hydroxyl groups excluding tert-OH is 6. The third-order valence-corrected chi connectivity index (χ3v) is 7.44. The summed E-state index contributed by atoms with van der Waals surface area (Å²) < 4.78 is 0.662. The molecule has 1 aromatic rings. The number of hydrogen-bond donors (Lipinski definition) is 8. The van der Waals surface area contributed by atoms with E-state index >= 15 is 0 Å². The zero-order valence-electron chi connectivity index (χ0n) is 17.1. The summed E-state index contributed by atoms with van der Waals surface area (Å²) in [5.41, 5.74) is 0.0625. The maximum atomic E-state index is 13.0. The molecule has 33 heavy (non-hydrogen) atoms. The Morgan fingerprint density at radius 2 is 1.39 bits per heavy atom. The van der Waals surface area contributed by atoms with Crippen LogP contribution in [-0.2, 0) is 4.79 Å². The minimum atomic E-state index is -1.22. The number of halogens is 3. The molecule has 1 rings (SSSR count). The molecule has 0 spiro atoms. The van der Waals surface area contributed by atoms with Crippen LogP contribution in [-0.4, -0.2) is 107 Å². The maximum Gasteiger partial charge on any atom is 0.253 e. The average molecular weight is 807 g/mol. The van der Waals surface area contributed by atoms with E-state index < -0.39 is 62.9 Å². The Bertz CT molecular complexity index is 869. The van der Waals surface area contributed by atoms with Crippen LogP contribution in [0.15, 0.2) is 0 Å². The van der Waals surface area contributed by atoms with Gasteiger partial charge in [0.2, 0.25) is 0 Å². The van der Waals surface area contributed by atoms with Gasteiger partial charge in [-0.15, -0.1) is 0 Å². The lowest BCUT2D eigenvalue weighted by molar-refractivity contribution is -0.121. The number of amides is 3. The van der Waals surface area contributed by atoms with Crippen LogP contribution in [0.1, 0.15) is 20.7 Å². The number of hydrogen-bond acceptors (Lipinski definition) is 9. The predicted octanol–water partition coefficient (Wildman–Crippen LogP) is -2.02. The van der Waals surface area contributed by atoms with Gasteiger partial charge in [0.05, 0.1) is 62.5 Å². The highest BCUT2D eigenvalue weighted by Crippen LogP contribution is 2.38. The largest absolute Gasteiger partial charge is 0.395 e. The lowest BCUT2D eigenvalue weighted by Gasteiger charge is -2.27. The lowest BCUT2D eigenvalue weighted by Crippen LogP contribution is -2.42. The van der Waals surface area contributed by atoms with Gasteiger partial charge in [0.15, 0.2) is 0 Å². The van der Waals surface area contributed by atoms with Crippen molar-refractivity contribution >= 4 is 91.2 Å². The molecule has 12 nitrogen and oxygen atoms in total. The van der Waals surface area contributed by atoms with Gasteiger partial charge in [-0.05, 0) is 67.8 Å². The Hall–Kier alpha value is -0.420. The van der Waals surface area contributed by atoms with Crippen LogP contribution in [0.4, 0.5) is 5.69 Å². The van der Waals surface area contributed by atoms with Gasteiger partial charge < -0.3 is 46.2 Å². The molecular weight excluding hydrogens is 783 g/mol. The van der Waals surface area contributed by atoms with E-state index in [4.69, 9.17) is 5.11 Å². The second-order valence-electron chi connectivity index (χ2n) is 6.55. The summed E-state index contributed by atoms with van der Waals surface area (Å²) >= 11 is 5.39. The van der Waals surface area contributed by atoms with Crippen LogP contribution in [0, 0.1) is 10.7 Å². The smallest absolute Gasteiger partial charge is 0.253 e. The normalized spacial score (nSPS) is 11.9. The molecule has 0 saturated heterocycles. The van der Waals surface area contributed by atoms with Gasteiger partial charge in [-0.25, -0.2) is 0 Å². The number of carbonyl (C=O) groups excluding carboxylic acids is 3. The van der Waals surface area contributed by atoms with Crippen LogP contribution in [0.25, 0.3) is 0 Å². The standard InChI is InChI=1S/C18H24I3N3O9/c19-13-11(17(32)22-3-9(30)6-28)14(20)16(24(1-2-25)10(31)7-29)15(21)12(13)18(33)23-8(4-26)5-27/h8-9,25-30H,1-7H2,(H,22,32)(H,23,33). The van der Waals surface area contributed by atoms with Gasteiger partial charge in [-0.2, -0.15) is 0 Å². The predicted molar refractivity (Wildman–Crippen MR) is 142 cm³/mol. The molecule has 1 aromatic carbocycles. The number of carbonyl (C=O) groups is 3. The number of nitrogens with zero attached hydrogens (tertiary/aromatic N) is 1. The minimum Gasteiger partial charge on any atom is -0.395 e. The summed E-state index contributed by atoms with van der Waals surface area (Å²) in [6.07, 6.45) is -1.22. The molecule has 0 aromatic heterocycles. The zero-order valence-corrected chi connectivity index (χ0v) is 23.6. The highest BCUT2D eigenvalue weighted by molar-refractivity contribution is 14.1. The summed E-state index contributed by atoms with van der Waals surface area (Å²) in [5.74, 6) is -2.22. The minimum absolute atomic E-state index is 0.0138. The third kappa shape index (κ3) is 7.78. The molecule has 0 aliphatic heterocycles. The number of rotatable bonds is 12. The summed E-state index contributed by atoms with van der Waals surface area (Å²) in [6, 6.07) is -0.976. The van der Waals surface area contributed by atoms with Crippen LogP contribution in [0.2, 0.25) is 0 Å². The van der Waals surface area contributed by atoms with Crippen molar-refractivity contribution in [1.82, 2.24) is 10.6 Å². The molecule has 1 atom stereocenters. The fourth-order valence-electron chi connectivity index (χ4n) is 2.60. The summed E-state index contributed by atoms with van der Waals surface area (Å²) in [6.45, 7) is -3.53. The monoisotopic (exact) mass is 807 g/mol. The Morgan fingerprint density at radius 3 is 1.85 bits per heavy atom. The molecule has 186 valence electrons. The molecule has 0 bridgehead atoms. The van der Waals surface area contributed by atoms with Crippen LogP contribution < -0.4 is 15.5 Å². The second-order valence-corrected chi connectivity index (χ2v) is 9.79. The molecule has 0 heterocycles. The topological polar surface area (TPSA) is 200 Å². The molecule has 1 unspecified atom stereocenters. The fourth-order valence-corrected chi connectivity index (χ4v) is 7.33. The number of benzene rings is 1. The van der Waals surface area contributed by atoms with Crippen molar-refractivity contribution in [1.29, 1.82) is 0 Å². The summed E-state index contributed by atoms with van der Waals surface area (Å²) in [7, 11) is 0. The fraction of sp³-hybridized carbons (Fsp3) is 0.500. The van der Waals surface area contributed by atoms with Crippen molar-refractivity contribution in [2.75, 3.05) is 51.0 Å². The first-order chi connectivity index (χ1) is 15.6. The van der Waals surface area contributed by atoms with E-state index in [2.05, 4.69) is 10.6 Å². The second kappa shape index (κ2) is 14.9. The molecule has 0 saturated carbocycles. The van der Waals surface area contributed by atoms with Gasteiger partial charge in [-0.1, -0.05) is 0 Å². The molecule has 15 heteroatoms. The van der Waals surface area contributed by atoms with Crippen molar-refractivity contribution in [2.45, 2.75) is 12.1 Å². The van der Waals surface area contributed by atoms with E-state index in [9.17, 15) is 39.9 Å². The molecule has 0 aliphatic carbocycles. The van der Waals surface area contributed by atoms with E-state index in [1.807, 2.05) is 22.6 Å². The van der Waals surface area contributed by atoms with Crippen molar-refractivity contribution in [2.24, 2.45) is 0 Å². The zero-order chi connectivity index (χ0) is 25.3. The number of aliphatic hydroxyl groups is 6. The van der Waals surface area contributed by atoms with Crippen LogP contribution >= 0.6 is 67.8 Å². The molecule has 3 amide bonds. The van der Waals surface area contributed by atoms with Crippen molar-refractivity contribution in [3.8, 4) is 0 Å². The molecule has 0 radical (unpaired) electrons. The highest BCUT2D eigenvalue weighted by Gasteiger charge is 2.32. The van der Waals surface area contributed by atoms with E-state index in [1.54, 1.807) is 45.2 Å². The van der Waals surface area contributed by atoms with Crippen molar-refractivity contribution in [3.63, 3.8) is 0 Å². The van der Waals surface area contributed by atoms with Crippen molar-refractivity contribution < 1.29 is 45.0 Å². The van der Waals surface area contributed by atoms with Gasteiger partial charge in [0.1, 0.15) is 6.61 Å². The lowest BCUT2D eigenvalue weighted by atomic mass is 10.1. The Kier molecular flexibility index (Phi) is 13.8. The van der Waals surface area contributed by atoms with Crippen molar-refractivity contribution in [3.05, 3.63) is 21.8 Å².